The maximum Gasteiger partial charge on any atom is 0.0885 e. The van der Waals surface area contributed by atoms with Gasteiger partial charge in [0.2, 0.25) is 0 Å². The van der Waals surface area contributed by atoms with Gasteiger partial charge in [-0.3, -0.25) is 0 Å². The van der Waals surface area contributed by atoms with Crippen LogP contribution in [0.3, 0.4) is 0 Å². The quantitative estimate of drug-likeness (QED) is 0.563. The summed E-state index contributed by atoms with van der Waals surface area (Å²) in [6.45, 7) is 5.60. The van der Waals surface area contributed by atoms with Crippen LogP contribution in [0.25, 0.3) is 0 Å². The van der Waals surface area contributed by atoms with Crippen LogP contribution in [0, 0.1) is 0 Å². The predicted molar refractivity (Wildman–Crippen MR) is 60.8 cm³/mol. The van der Waals surface area contributed by atoms with Crippen LogP contribution < -0.4 is 16.4 Å². The Morgan fingerprint density at radius 3 is 2.57 bits per heavy atom. The first-order valence-electron chi connectivity index (χ1n) is 5.70. The third-order valence-electron chi connectivity index (χ3n) is 2.74. The van der Waals surface area contributed by atoms with E-state index < -0.39 is 0 Å². The Bertz CT molecular complexity index is 162. The summed E-state index contributed by atoms with van der Waals surface area (Å²) in [5.74, 6) is 0.572. The molecule has 0 atom stereocenters. The molecule has 3 heteroatoms. The second kappa shape index (κ2) is 6.71. The fraction of sp³-hybridized carbons (Fsp3) is 0.818. The molecular formula is C11H23N3. The molecule has 0 radical (unpaired) electrons. The maximum atomic E-state index is 5.39. The van der Waals surface area contributed by atoms with Crippen LogP contribution in [-0.2, 0) is 0 Å². The number of hydrogen-bond donors (Lipinski definition) is 3. The lowest BCUT2D eigenvalue weighted by molar-refractivity contribution is 0.372. The molecule has 0 saturated heterocycles. The van der Waals surface area contributed by atoms with E-state index in [-0.39, 0.29) is 0 Å². The summed E-state index contributed by atoms with van der Waals surface area (Å²) in [5.41, 5.74) is 5.39. The van der Waals surface area contributed by atoms with Gasteiger partial charge in [0, 0.05) is 12.6 Å². The van der Waals surface area contributed by atoms with Crippen LogP contribution in [0.15, 0.2) is 12.4 Å². The van der Waals surface area contributed by atoms with Gasteiger partial charge in [0.05, 0.1) is 5.82 Å². The van der Waals surface area contributed by atoms with Crippen molar-refractivity contribution in [3.05, 3.63) is 12.4 Å². The summed E-state index contributed by atoms with van der Waals surface area (Å²) < 4.78 is 0. The number of nitrogens with one attached hydrogen (secondary N) is 2. The van der Waals surface area contributed by atoms with Crippen molar-refractivity contribution in [2.45, 2.75) is 44.6 Å². The lowest BCUT2D eigenvalue weighted by atomic mass is 9.95. The molecule has 1 aliphatic carbocycles. The van der Waals surface area contributed by atoms with E-state index in [0.29, 0.717) is 5.82 Å². The fourth-order valence-electron chi connectivity index (χ4n) is 1.95. The molecule has 0 unspecified atom stereocenters. The molecule has 1 rings (SSSR count). The molecule has 0 bridgehead atoms. The normalized spacial score (nSPS) is 18.0. The molecule has 14 heavy (non-hydrogen) atoms. The van der Waals surface area contributed by atoms with E-state index >= 15 is 0 Å². The molecule has 4 N–H and O–H groups in total. The van der Waals surface area contributed by atoms with Crippen LogP contribution in [0.2, 0.25) is 0 Å². The van der Waals surface area contributed by atoms with Crippen LogP contribution >= 0.6 is 0 Å². The van der Waals surface area contributed by atoms with Crippen molar-refractivity contribution in [3.63, 3.8) is 0 Å². The predicted octanol–water partition coefficient (Wildman–Crippen LogP) is 1.32. The molecule has 0 spiro atoms. The van der Waals surface area contributed by atoms with Crippen molar-refractivity contribution in [1.29, 1.82) is 0 Å². The zero-order valence-electron chi connectivity index (χ0n) is 9.02. The molecule has 0 heterocycles. The molecule has 0 aromatic rings. The van der Waals surface area contributed by atoms with Gasteiger partial charge in [0.1, 0.15) is 0 Å². The topological polar surface area (TPSA) is 50.1 Å². The van der Waals surface area contributed by atoms with Crippen LogP contribution in [0.1, 0.15) is 38.5 Å². The van der Waals surface area contributed by atoms with E-state index in [4.69, 9.17) is 5.73 Å². The Hall–Kier alpha value is -0.700. The van der Waals surface area contributed by atoms with Crippen LogP contribution in [-0.4, -0.2) is 19.1 Å². The molecule has 1 aliphatic rings. The van der Waals surface area contributed by atoms with Gasteiger partial charge in [-0.05, 0) is 25.8 Å². The average molecular weight is 197 g/mol. The molecular weight excluding hydrogens is 174 g/mol. The summed E-state index contributed by atoms with van der Waals surface area (Å²) in [5, 5.41) is 6.61. The van der Waals surface area contributed by atoms with Gasteiger partial charge in [-0.25, -0.2) is 0 Å². The molecule has 0 amide bonds. The van der Waals surface area contributed by atoms with Gasteiger partial charge < -0.3 is 16.4 Å². The van der Waals surface area contributed by atoms with E-state index in [2.05, 4.69) is 17.2 Å². The van der Waals surface area contributed by atoms with E-state index in [1.807, 2.05) is 0 Å². The summed E-state index contributed by atoms with van der Waals surface area (Å²) in [4.78, 5) is 0. The van der Waals surface area contributed by atoms with Crippen molar-refractivity contribution in [2.24, 2.45) is 5.73 Å². The standard InChI is InChI=1S/C11H23N3/c1-10(12)13-8-5-9-14-11-6-3-2-4-7-11/h11,13-14H,1-9,12H2. The molecule has 0 aromatic carbocycles. The molecule has 3 nitrogen and oxygen atoms in total. The number of rotatable bonds is 6. The average Bonchev–Trinajstić information content (AvgIpc) is 2.18. The number of hydrogen-bond acceptors (Lipinski definition) is 3. The molecule has 1 fully saturated rings. The van der Waals surface area contributed by atoms with Gasteiger partial charge in [-0.15, -0.1) is 0 Å². The fourth-order valence-corrected chi connectivity index (χ4v) is 1.95. The summed E-state index contributed by atoms with van der Waals surface area (Å²) in [6, 6.07) is 0.768. The van der Waals surface area contributed by atoms with Crippen LogP contribution in [0.4, 0.5) is 0 Å². The van der Waals surface area contributed by atoms with E-state index in [1.165, 1.54) is 32.1 Å². The van der Waals surface area contributed by atoms with Gasteiger partial charge in [-0.2, -0.15) is 0 Å². The summed E-state index contributed by atoms with van der Waals surface area (Å²) >= 11 is 0. The van der Waals surface area contributed by atoms with Gasteiger partial charge >= 0.3 is 0 Å². The minimum absolute atomic E-state index is 0.572. The van der Waals surface area contributed by atoms with Crippen molar-refractivity contribution in [1.82, 2.24) is 10.6 Å². The third kappa shape index (κ3) is 5.12. The summed E-state index contributed by atoms with van der Waals surface area (Å²) in [6.07, 6.45) is 8.05. The molecule has 0 aliphatic heterocycles. The van der Waals surface area contributed by atoms with E-state index in [9.17, 15) is 0 Å². The third-order valence-corrected chi connectivity index (χ3v) is 2.74. The van der Waals surface area contributed by atoms with Crippen molar-refractivity contribution in [2.75, 3.05) is 13.1 Å². The van der Waals surface area contributed by atoms with Crippen molar-refractivity contribution >= 4 is 0 Å². The Balaban J connectivity index is 1.90. The minimum atomic E-state index is 0.572. The highest BCUT2D eigenvalue weighted by Crippen LogP contribution is 2.16. The van der Waals surface area contributed by atoms with Gasteiger partial charge in [0.15, 0.2) is 0 Å². The summed E-state index contributed by atoms with van der Waals surface area (Å²) in [7, 11) is 0. The lowest BCUT2D eigenvalue weighted by Crippen LogP contribution is -2.33. The van der Waals surface area contributed by atoms with Gasteiger partial charge in [-0.1, -0.05) is 25.8 Å². The minimum Gasteiger partial charge on any atom is -0.386 e. The zero-order valence-corrected chi connectivity index (χ0v) is 9.02. The second-order valence-corrected chi connectivity index (χ2v) is 4.09. The maximum absolute atomic E-state index is 5.39. The monoisotopic (exact) mass is 197 g/mol. The molecule has 0 aromatic heterocycles. The number of nitrogens with two attached hydrogens (primary N) is 1. The first-order valence-corrected chi connectivity index (χ1v) is 5.70. The Kier molecular flexibility index (Phi) is 5.45. The second-order valence-electron chi connectivity index (χ2n) is 4.09. The highest BCUT2D eigenvalue weighted by Gasteiger charge is 2.11. The van der Waals surface area contributed by atoms with Crippen molar-refractivity contribution in [3.8, 4) is 0 Å². The SMILES string of the molecule is C=C(N)NCCCNC1CCCCC1. The highest BCUT2D eigenvalue weighted by molar-refractivity contribution is 4.81. The Labute approximate surface area is 87.1 Å². The lowest BCUT2D eigenvalue weighted by Gasteiger charge is -2.22. The zero-order chi connectivity index (χ0) is 10.2. The highest BCUT2D eigenvalue weighted by atomic mass is 15.0. The molecule has 82 valence electrons. The van der Waals surface area contributed by atoms with Crippen LogP contribution in [0.5, 0.6) is 0 Å². The van der Waals surface area contributed by atoms with E-state index in [0.717, 1.165) is 25.6 Å². The largest absolute Gasteiger partial charge is 0.386 e. The van der Waals surface area contributed by atoms with Gasteiger partial charge in [0.25, 0.3) is 0 Å². The Morgan fingerprint density at radius 1 is 1.21 bits per heavy atom. The van der Waals surface area contributed by atoms with E-state index in [1.54, 1.807) is 0 Å². The van der Waals surface area contributed by atoms with Crippen molar-refractivity contribution < 1.29 is 0 Å². The Morgan fingerprint density at radius 2 is 1.93 bits per heavy atom. The first-order chi connectivity index (χ1) is 6.79. The molecule has 1 saturated carbocycles. The smallest absolute Gasteiger partial charge is 0.0885 e. The first kappa shape index (κ1) is 11.4.